The van der Waals surface area contributed by atoms with Crippen LogP contribution in [0, 0.1) is 0 Å². The van der Waals surface area contributed by atoms with Gasteiger partial charge in [-0.15, -0.1) is 0 Å². The van der Waals surface area contributed by atoms with E-state index in [9.17, 15) is 13.2 Å². The summed E-state index contributed by atoms with van der Waals surface area (Å²) in [7, 11) is 4.87. The Morgan fingerprint density at radius 1 is 1.06 bits per heavy atom. The number of rotatable bonds is 4. The number of anilines is 2. The Hall–Kier alpha value is -1.31. The molecule has 0 bridgehead atoms. The molecule has 0 radical (unpaired) electrons. The number of halogens is 4. The molecule has 0 unspecified atom stereocenters. The number of hydrogen-bond donors (Lipinski definition) is 0. The summed E-state index contributed by atoms with van der Waals surface area (Å²) in [5.41, 5.74) is 0. The molecule has 5 nitrogen and oxygen atoms in total. The van der Waals surface area contributed by atoms with Gasteiger partial charge in [0.2, 0.25) is 17.2 Å². The van der Waals surface area contributed by atoms with Gasteiger partial charge in [0.15, 0.2) is 0 Å². The average molecular weight is 284 g/mol. The molecular weight excluding hydrogens is 271 g/mol. The third kappa shape index (κ3) is 4.52. The first-order valence-corrected chi connectivity index (χ1v) is 5.43. The van der Waals surface area contributed by atoms with E-state index in [1.165, 1.54) is 11.9 Å². The van der Waals surface area contributed by atoms with Gasteiger partial charge in [0, 0.05) is 27.7 Å². The van der Waals surface area contributed by atoms with E-state index in [4.69, 9.17) is 11.6 Å². The van der Waals surface area contributed by atoms with Gasteiger partial charge >= 0.3 is 6.18 Å². The number of aromatic nitrogens is 3. The van der Waals surface area contributed by atoms with Crippen molar-refractivity contribution in [2.45, 2.75) is 12.6 Å². The van der Waals surface area contributed by atoms with Crippen LogP contribution in [0.1, 0.15) is 6.42 Å². The van der Waals surface area contributed by atoms with Crippen molar-refractivity contribution in [3.63, 3.8) is 0 Å². The second-order valence-electron chi connectivity index (χ2n) is 3.89. The molecule has 0 atom stereocenters. The standard InChI is InChI=1S/C9H13ClF3N5/c1-17(2)7-14-6(10)15-8(16-7)18(3)5-4-9(11,12)13/h4-5H2,1-3H3. The Labute approximate surface area is 108 Å². The quantitative estimate of drug-likeness (QED) is 0.845. The summed E-state index contributed by atoms with van der Waals surface area (Å²) in [6.07, 6.45) is -5.15. The lowest BCUT2D eigenvalue weighted by Gasteiger charge is -2.19. The number of hydrogen-bond acceptors (Lipinski definition) is 5. The molecule has 1 aromatic heterocycles. The summed E-state index contributed by atoms with van der Waals surface area (Å²) in [5, 5.41) is -0.0532. The van der Waals surface area contributed by atoms with Gasteiger partial charge in [-0.05, 0) is 11.6 Å². The first-order valence-electron chi connectivity index (χ1n) is 5.06. The van der Waals surface area contributed by atoms with Crippen molar-refractivity contribution in [1.82, 2.24) is 15.0 Å². The van der Waals surface area contributed by atoms with Gasteiger partial charge in [-0.3, -0.25) is 0 Å². The van der Waals surface area contributed by atoms with E-state index < -0.39 is 12.6 Å². The highest BCUT2D eigenvalue weighted by Gasteiger charge is 2.27. The number of alkyl halides is 3. The largest absolute Gasteiger partial charge is 0.390 e. The Kier molecular flexibility index (Phi) is 4.55. The fraction of sp³-hybridized carbons (Fsp3) is 0.667. The summed E-state index contributed by atoms with van der Waals surface area (Å²) in [6.45, 7) is -0.239. The molecular formula is C9H13ClF3N5. The van der Waals surface area contributed by atoms with Crippen molar-refractivity contribution in [3.05, 3.63) is 5.28 Å². The SMILES string of the molecule is CN(C)c1nc(Cl)nc(N(C)CCC(F)(F)F)n1. The minimum absolute atomic E-state index is 0.0532. The van der Waals surface area contributed by atoms with Crippen molar-refractivity contribution < 1.29 is 13.2 Å². The zero-order valence-corrected chi connectivity index (χ0v) is 10.9. The van der Waals surface area contributed by atoms with E-state index in [2.05, 4.69) is 15.0 Å². The van der Waals surface area contributed by atoms with Crippen molar-refractivity contribution in [1.29, 1.82) is 0 Å². The highest BCUT2D eigenvalue weighted by atomic mass is 35.5. The lowest BCUT2D eigenvalue weighted by atomic mass is 10.4. The third-order valence-corrected chi connectivity index (χ3v) is 2.23. The second-order valence-corrected chi connectivity index (χ2v) is 4.22. The maximum absolute atomic E-state index is 12.1. The molecule has 0 aliphatic carbocycles. The molecule has 0 saturated carbocycles. The molecule has 1 rings (SSSR count). The predicted molar refractivity (Wildman–Crippen MR) is 63.1 cm³/mol. The smallest absolute Gasteiger partial charge is 0.347 e. The van der Waals surface area contributed by atoms with Crippen molar-refractivity contribution in [2.24, 2.45) is 0 Å². The van der Waals surface area contributed by atoms with E-state index in [0.717, 1.165) is 0 Å². The highest BCUT2D eigenvalue weighted by Crippen LogP contribution is 2.21. The van der Waals surface area contributed by atoms with Crippen LogP contribution in [0.3, 0.4) is 0 Å². The number of nitrogens with zero attached hydrogens (tertiary/aromatic N) is 5. The van der Waals surface area contributed by atoms with Crippen molar-refractivity contribution in [3.8, 4) is 0 Å². The molecule has 0 fully saturated rings. The zero-order valence-electron chi connectivity index (χ0n) is 10.2. The topological polar surface area (TPSA) is 45.2 Å². The van der Waals surface area contributed by atoms with E-state index in [1.54, 1.807) is 19.0 Å². The van der Waals surface area contributed by atoms with Gasteiger partial charge in [0.05, 0.1) is 6.42 Å². The van der Waals surface area contributed by atoms with Gasteiger partial charge in [-0.2, -0.15) is 28.1 Å². The summed E-state index contributed by atoms with van der Waals surface area (Å²) in [4.78, 5) is 14.5. The Balaban J connectivity index is 2.82. The van der Waals surface area contributed by atoms with Gasteiger partial charge in [-0.1, -0.05) is 0 Å². The van der Waals surface area contributed by atoms with Gasteiger partial charge in [0.25, 0.3) is 0 Å². The molecule has 0 spiro atoms. The van der Waals surface area contributed by atoms with E-state index >= 15 is 0 Å². The van der Waals surface area contributed by atoms with Crippen molar-refractivity contribution >= 4 is 23.5 Å². The predicted octanol–water partition coefficient (Wildman–Crippen LogP) is 1.98. The van der Waals surface area contributed by atoms with Gasteiger partial charge < -0.3 is 9.80 Å². The fourth-order valence-electron chi connectivity index (χ4n) is 1.09. The van der Waals surface area contributed by atoms with Crippen LogP contribution in [-0.4, -0.2) is 48.8 Å². The minimum atomic E-state index is -4.21. The Morgan fingerprint density at radius 2 is 1.61 bits per heavy atom. The van der Waals surface area contributed by atoms with Crippen molar-refractivity contribution in [2.75, 3.05) is 37.5 Å². The van der Waals surface area contributed by atoms with Crippen LogP contribution in [0.4, 0.5) is 25.1 Å². The molecule has 0 N–H and O–H groups in total. The highest BCUT2D eigenvalue weighted by molar-refractivity contribution is 6.28. The van der Waals surface area contributed by atoms with Gasteiger partial charge in [-0.25, -0.2) is 0 Å². The van der Waals surface area contributed by atoms with Crippen LogP contribution in [0.2, 0.25) is 5.28 Å². The molecule has 9 heteroatoms. The monoisotopic (exact) mass is 283 g/mol. The fourth-order valence-corrected chi connectivity index (χ4v) is 1.25. The summed E-state index contributed by atoms with van der Waals surface area (Å²) in [6, 6.07) is 0. The van der Waals surface area contributed by atoms with Gasteiger partial charge in [0.1, 0.15) is 0 Å². The van der Waals surface area contributed by atoms with E-state index in [1.807, 2.05) is 0 Å². The molecule has 1 aromatic rings. The molecule has 0 aromatic carbocycles. The Bertz CT molecular complexity index is 410. The molecule has 1 heterocycles. The second kappa shape index (κ2) is 5.55. The van der Waals surface area contributed by atoms with Crippen LogP contribution in [-0.2, 0) is 0 Å². The maximum atomic E-state index is 12.1. The van der Waals surface area contributed by atoms with Crippen LogP contribution < -0.4 is 9.80 Å². The lowest BCUT2D eigenvalue weighted by molar-refractivity contribution is -0.132. The average Bonchev–Trinajstić information content (AvgIpc) is 2.23. The summed E-state index contributed by atoms with van der Waals surface area (Å²) < 4.78 is 36.3. The molecule has 102 valence electrons. The molecule has 0 saturated heterocycles. The molecule has 0 aliphatic heterocycles. The third-order valence-electron chi connectivity index (χ3n) is 2.06. The van der Waals surface area contributed by atoms with Crippen LogP contribution >= 0.6 is 11.6 Å². The first kappa shape index (κ1) is 14.7. The van der Waals surface area contributed by atoms with Crippen LogP contribution in [0.5, 0.6) is 0 Å². The zero-order chi connectivity index (χ0) is 13.9. The van der Waals surface area contributed by atoms with E-state index in [0.29, 0.717) is 5.95 Å². The van der Waals surface area contributed by atoms with Crippen LogP contribution in [0.15, 0.2) is 0 Å². The summed E-state index contributed by atoms with van der Waals surface area (Å²) in [5.74, 6) is 0.409. The normalized spacial score (nSPS) is 11.5. The molecule has 0 amide bonds. The van der Waals surface area contributed by atoms with Crippen LogP contribution in [0.25, 0.3) is 0 Å². The minimum Gasteiger partial charge on any atom is -0.347 e. The molecule has 18 heavy (non-hydrogen) atoms. The molecule has 0 aliphatic rings. The summed E-state index contributed by atoms with van der Waals surface area (Å²) >= 11 is 5.69. The first-order chi connectivity index (χ1) is 8.19. The lowest BCUT2D eigenvalue weighted by Crippen LogP contribution is -2.26. The van der Waals surface area contributed by atoms with E-state index in [-0.39, 0.29) is 17.8 Å². The maximum Gasteiger partial charge on any atom is 0.390 e. The Morgan fingerprint density at radius 3 is 2.11 bits per heavy atom.